The van der Waals surface area contributed by atoms with Crippen LogP contribution in [0.1, 0.15) is 84.5 Å². The summed E-state index contributed by atoms with van der Waals surface area (Å²) in [6.07, 6.45) is 14.2. The summed E-state index contributed by atoms with van der Waals surface area (Å²) in [7, 11) is 0. The smallest absolute Gasteiger partial charge is 0.274 e. The number of ether oxygens (including phenoxy) is 2. The van der Waals surface area contributed by atoms with Crippen molar-refractivity contribution in [1.29, 1.82) is 0 Å². The highest BCUT2D eigenvalue weighted by Gasteiger charge is 2.45. The molecule has 126 valence electrons. The minimum Gasteiger partial charge on any atom is -0.367 e. The van der Waals surface area contributed by atoms with E-state index in [1.54, 1.807) is 0 Å². The first kappa shape index (κ1) is 18.9. The lowest BCUT2D eigenvalue weighted by atomic mass is 10.0. The van der Waals surface area contributed by atoms with Crippen LogP contribution in [-0.4, -0.2) is 35.0 Å². The molecule has 2 N–H and O–H groups in total. The monoisotopic (exact) mass is 302 g/mol. The van der Waals surface area contributed by atoms with E-state index >= 15 is 0 Å². The second-order valence-corrected chi connectivity index (χ2v) is 6.63. The van der Waals surface area contributed by atoms with E-state index in [4.69, 9.17) is 19.7 Å². The summed E-state index contributed by atoms with van der Waals surface area (Å²) in [6, 6.07) is 0. The maximum Gasteiger partial charge on any atom is 0.274 e. The van der Waals surface area contributed by atoms with Crippen molar-refractivity contribution < 1.29 is 19.7 Å². The van der Waals surface area contributed by atoms with Gasteiger partial charge in [-0.05, 0) is 6.42 Å². The van der Waals surface area contributed by atoms with Crippen LogP contribution in [0.4, 0.5) is 0 Å². The Kier molecular flexibility index (Phi) is 8.79. The first-order valence-electron chi connectivity index (χ1n) is 8.70. The Hall–Kier alpha value is -0.160. The SMILES string of the molecule is CCCCCCCCCCCCC1(COC(C)(O)O)CO1. The van der Waals surface area contributed by atoms with Gasteiger partial charge >= 0.3 is 0 Å². The zero-order chi connectivity index (χ0) is 15.6. The third-order valence-corrected chi connectivity index (χ3v) is 4.15. The number of hydrogen-bond donors (Lipinski definition) is 2. The average Bonchev–Trinajstić information content (AvgIpc) is 3.19. The molecule has 0 aromatic heterocycles. The van der Waals surface area contributed by atoms with Crippen LogP contribution in [0.5, 0.6) is 0 Å². The van der Waals surface area contributed by atoms with E-state index in [9.17, 15) is 0 Å². The van der Waals surface area contributed by atoms with E-state index in [1.807, 2.05) is 0 Å². The summed E-state index contributed by atoms with van der Waals surface area (Å²) in [5.74, 6) is -2.04. The predicted octanol–water partition coefficient (Wildman–Crippen LogP) is 3.74. The Labute approximate surface area is 129 Å². The van der Waals surface area contributed by atoms with Gasteiger partial charge in [-0.1, -0.05) is 71.1 Å². The van der Waals surface area contributed by atoms with Gasteiger partial charge in [0, 0.05) is 6.92 Å². The van der Waals surface area contributed by atoms with Gasteiger partial charge < -0.3 is 19.7 Å². The Balaban J connectivity index is 1.88. The topological polar surface area (TPSA) is 62.2 Å². The van der Waals surface area contributed by atoms with Crippen molar-refractivity contribution in [1.82, 2.24) is 0 Å². The molecule has 1 fully saturated rings. The Morgan fingerprint density at radius 1 is 0.952 bits per heavy atom. The summed E-state index contributed by atoms with van der Waals surface area (Å²) in [5, 5.41) is 18.3. The maximum atomic E-state index is 9.13. The zero-order valence-electron chi connectivity index (χ0n) is 13.9. The first-order chi connectivity index (χ1) is 9.97. The van der Waals surface area contributed by atoms with Crippen molar-refractivity contribution in [3.05, 3.63) is 0 Å². The van der Waals surface area contributed by atoms with Gasteiger partial charge in [-0.2, -0.15) is 0 Å². The van der Waals surface area contributed by atoms with Crippen molar-refractivity contribution in [3.8, 4) is 0 Å². The number of rotatable bonds is 14. The molecule has 4 heteroatoms. The fraction of sp³-hybridized carbons (Fsp3) is 1.00. The molecule has 21 heavy (non-hydrogen) atoms. The molecule has 0 aliphatic carbocycles. The van der Waals surface area contributed by atoms with E-state index in [1.165, 1.54) is 64.7 Å². The normalized spacial score (nSPS) is 21.7. The molecule has 1 atom stereocenters. The summed E-state index contributed by atoms with van der Waals surface area (Å²) in [4.78, 5) is 0. The van der Waals surface area contributed by atoms with Crippen LogP contribution in [0, 0.1) is 0 Å². The summed E-state index contributed by atoms with van der Waals surface area (Å²) in [5.41, 5.74) is -0.243. The lowest BCUT2D eigenvalue weighted by molar-refractivity contribution is -0.329. The molecular formula is C17H34O4. The molecule has 0 spiro atoms. The van der Waals surface area contributed by atoms with Gasteiger partial charge in [-0.25, -0.2) is 0 Å². The summed E-state index contributed by atoms with van der Waals surface area (Å²) < 4.78 is 10.4. The van der Waals surface area contributed by atoms with Crippen LogP contribution in [0.15, 0.2) is 0 Å². The zero-order valence-corrected chi connectivity index (χ0v) is 13.9. The average molecular weight is 302 g/mol. The van der Waals surface area contributed by atoms with E-state index in [0.717, 1.165) is 12.8 Å². The van der Waals surface area contributed by atoms with Crippen LogP contribution in [0.3, 0.4) is 0 Å². The van der Waals surface area contributed by atoms with Crippen LogP contribution in [0.2, 0.25) is 0 Å². The van der Waals surface area contributed by atoms with Gasteiger partial charge in [0.15, 0.2) is 0 Å². The van der Waals surface area contributed by atoms with Crippen molar-refractivity contribution >= 4 is 0 Å². The highest BCUT2D eigenvalue weighted by Crippen LogP contribution is 2.34. The maximum absolute atomic E-state index is 9.13. The molecule has 1 heterocycles. The fourth-order valence-electron chi connectivity index (χ4n) is 2.60. The highest BCUT2D eigenvalue weighted by atomic mass is 16.8. The Morgan fingerprint density at radius 3 is 1.86 bits per heavy atom. The molecular weight excluding hydrogens is 268 g/mol. The van der Waals surface area contributed by atoms with Gasteiger partial charge in [0.1, 0.15) is 5.60 Å². The molecule has 0 radical (unpaired) electrons. The third-order valence-electron chi connectivity index (χ3n) is 4.15. The van der Waals surface area contributed by atoms with Gasteiger partial charge in [0.2, 0.25) is 0 Å². The van der Waals surface area contributed by atoms with Gasteiger partial charge in [0.05, 0.1) is 13.2 Å². The van der Waals surface area contributed by atoms with Gasteiger partial charge in [-0.3, -0.25) is 0 Å². The van der Waals surface area contributed by atoms with Gasteiger partial charge in [-0.15, -0.1) is 0 Å². The van der Waals surface area contributed by atoms with E-state index in [-0.39, 0.29) is 12.2 Å². The molecule has 1 saturated heterocycles. The van der Waals surface area contributed by atoms with Crippen molar-refractivity contribution in [2.45, 2.75) is 96.1 Å². The van der Waals surface area contributed by atoms with Crippen molar-refractivity contribution in [2.24, 2.45) is 0 Å². The van der Waals surface area contributed by atoms with Crippen LogP contribution >= 0.6 is 0 Å². The summed E-state index contributed by atoms with van der Waals surface area (Å²) in [6.45, 7) is 4.43. The van der Waals surface area contributed by atoms with Crippen molar-refractivity contribution in [2.75, 3.05) is 13.2 Å². The predicted molar refractivity (Wildman–Crippen MR) is 83.9 cm³/mol. The minimum atomic E-state index is -2.04. The molecule has 1 aliphatic rings. The molecule has 0 saturated carbocycles. The molecule has 1 rings (SSSR count). The molecule has 0 aromatic rings. The third kappa shape index (κ3) is 10.2. The fourth-order valence-corrected chi connectivity index (χ4v) is 2.60. The lowest BCUT2D eigenvalue weighted by Crippen LogP contribution is -2.33. The quantitative estimate of drug-likeness (QED) is 0.291. The van der Waals surface area contributed by atoms with Crippen LogP contribution in [-0.2, 0) is 9.47 Å². The highest BCUT2D eigenvalue weighted by molar-refractivity contribution is 4.92. The Morgan fingerprint density at radius 2 is 1.43 bits per heavy atom. The molecule has 0 bridgehead atoms. The molecule has 1 unspecified atom stereocenters. The largest absolute Gasteiger partial charge is 0.367 e. The van der Waals surface area contributed by atoms with E-state index in [0.29, 0.717) is 6.61 Å². The Bertz CT molecular complexity index is 256. The molecule has 0 aromatic carbocycles. The molecule has 4 nitrogen and oxygen atoms in total. The standard InChI is InChI=1S/C17H34O4/c1-3-4-5-6-7-8-9-10-11-12-13-17(15-21-17)14-20-16(2,18)19/h18-19H,3-15H2,1-2H3. The van der Waals surface area contributed by atoms with Crippen molar-refractivity contribution in [3.63, 3.8) is 0 Å². The van der Waals surface area contributed by atoms with E-state index < -0.39 is 5.97 Å². The second kappa shape index (κ2) is 9.78. The number of epoxide rings is 1. The minimum absolute atomic E-state index is 0.243. The van der Waals surface area contributed by atoms with Crippen LogP contribution < -0.4 is 0 Å². The number of aliphatic hydroxyl groups is 2. The van der Waals surface area contributed by atoms with E-state index in [2.05, 4.69) is 6.92 Å². The molecule has 0 amide bonds. The van der Waals surface area contributed by atoms with Gasteiger partial charge in [0.25, 0.3) is 5.97 Å². The van der Waals surface area contributed by atoms with Crippen LogP contribution in [0.25, 0.3) is 0 Å². The second-order valence-electron chi connectivity index (χ2n) is 6.63. The lowest BCUT2D eigenvalue weighted by Gasteiger charge is -2.19. The molecule has 1 aliphatic heterocycles. The summed E-state index contributed by atoms with van der Waals surface area (Å²) >= 11 is 0. The first-order valence-corrected chi connectivity index (χ1v) is 8.70. The number of hydrogen-bond acceptors (Lipinski definition) is 4. The number of unbranched alkanes of at least 4 members (excludes halogenated alkanes) is 9.